The minimum atomic E-state index is -4.61. The van der Waals surface area contributed by atoms with Crippen LogP contribution in [0.25, 0.3) is 22.8 Å². The minimum absolute atomic E-state index is 0.00921. The summed E-state index contributed by atoms with van der Waals surface area (Å²) in [7, 11) is 3.53. The zero-order valence-corrected chi connectivity index (χ0v) is 24.2. The average Bonchev–Trinajstić information content (AvgIpc) is 3.46. The molecule has 2 aliphatic heterocycles. The Balaban J connectivity index is 1.94. The van der Waals surface area contributed by atoms with Crippen molar-refractivity contribution in [1.82, 2.24) is 9.38 Å². The van der Waals surface area contributed by atoms with Gasteiger partial charge < -0.3 is 32.0 Å². The van der Waals surface area contributed by atoms with E-state index in [0.717, 1.165) is 8.96 Å². The number of carbonyl (C=O) groups excluding carboxylic acids is 2. The molecule has 2 aliphatic rings. The van der Waals surface area contributed by atoms with Gasteiger partial charge in [0.15, 0.2) is 11.4 Å². The van der Waals surface area contributed by atoms with Crippen molar-refractivity contribution in [3.63, 3.8) is 0 Å². The highest BCUT2D eigenvalue weighted by Gasteiger charge is 2.57. The summed E-state index contributed by atoms with van der Waals surface area (Å²) < 4.78 is 46.9. The van der Waals surface area contributed by atoms with E-state index in [2.05, 4.69) is 0 Å². The number of ether oxygens (including phenoxy) is 2. The molecule has 0 spiro atoms. The van der Waals surface area contributed by atoms with E-state index in [4.69, 9.17) is 9.47 Å². The Kier molecular flexibility index (Phi) is 7.73. The minimum Gasteiger partial charge on any atom is -0.462 e. The molecule has 0 N–H and O–H groups in total. The molecule has 3 aromatic rings. The van der Waals surface area contributed by atoms with Gasteiger partial charge in [0, 0.05) is 43.7 Å². The number of carbonyl (C=O) groups is 2. The standard InChI is InChI=1S/C32H32BF2N3O4/c1-6-41-31(39)27-21(3)37-25(28(27)22-14-10-8-11-15-22)20-26-29(23-16-12-9-13-17-23)30(32(40)42-7-2)24(18-19-36(4)5)38(26)33(37,34)35/h8-20H,6-7H2,1-5H3/b19-18+. The molecule has 1 aromatic heterocycles. The molecule has 5 rings (SSSR count). The van der Waals surface area contributed by atoms with Crippen LogP contribution in [0.2, 0.25) is 0 Å². The molecule has 3 heterocycles. The van der Waals surface area contributed by atoms with Crippen LogP contribution in [0.3, 0.4) is 0 Å². The van der Waals surface area contributed by atoms with Crippen molar-refractivity contribution in [2.75, 3.05) is 27.3 Å². The fourth-order valence-electron chi connectivity index (χ4n) is 5.66. The molecule has 216 valence electrons. The van der Waals surface area contributed by atoms with E-state index in [9.17, 15) is 9.59 Å². The van der Waals surface area contributed by atoms with Crippen molar-refractivity contribution in [1.29, 1.82) is 0 Å². The zero-order valence-electron chi connectivity index (χ0n) is 24.2. The Labute approximate surface area is 243 Å². The number of fused-ring (bicyclic) bond motifs is 2. The first kappa shape index (κ1) is 28.8. The highest BCUT2D eigenvalue weighted by Crippen LogP contribution is 2.46. The fraction of sp³-hybridized carbons (Fsp3) is 0.219. The number of esters is 2. The summed E-state index contributed by atoms with van der Waals surface area (Å²) >= 11 is 0. The lowest BCUT2D eigenvalue weighted by Gasteiger charge is -2.31. The van der Waals surface area contributed by atoms with Gasteiger partial charge in [0.2, 0.25) is 0 Å². The Morgan fingerprint density at radius 3 is 2.07 bits per heavy atom. The maximum atomic E-state index is 17.2. The smallest absolute Gasteiger partial charge is 0.462 e. The lowest BCUT2D eigenvalue weighted by atomic mass is 9.87. The van der Waals surface area contributed by atoms with Gasteiger partial charge in [-0.15, -0.1) is 0 Å². The van der Waals surface area contributed by atoms with Crippen LogP contribution in [0.15, 0.2) is 84.2 Å². The highest BCUT2D eigenvalue weighted by atomic mass is 19.2. The second-order valence-electron chi connectivity index (χ2n) is 10.2. The quantitative estimate of drug-likeness (QED) is 0.254. The molecule has 0 unspecified atom stereocenters. The summed E-state index contributed by atoms with van der Waals surface area (Å²) in [6.45, 7) is 0.411. The average molecular weight is 571 g/mol. The number of hydrogen-bond acceptors (Lipinski definition) is 5. The Morgan fingerprint density at radius 1 is 0.929 bits per heavy atom. The Bertz CT molecular complexity index is 1690. The van der Waals surface area contributed by atoms with Gasteiger partial charge in [-0.2, -0.15) is 0 Å². The molecule has 0 amide bonds. The number of benzene rings is 2. The van der Waals surface area contributed by atoms with Gasteiger partial charge in [-0.3, -0.25) is 0 Å². The monoisotopic (exact) mass is 571 g/mol. The second kappa shape index (κ2) is 11.3. The molecule has 7 nitrogen and oxygen atoms in total. The highest BCUT2D eigenvalue weighted by molar-refractivity contribution is 6.59. The molecule has 10 heteroatoms. The molecule has 42 heavy (non-hydrogen) atoms. The summed E-state index contributed by atoms with van der Waals surface area (Å²) in [6.07, 6.45) is 4.75. The first-order valence-corrected chi connectivity index (χ1v) is 13.8. The third-order valence-corrected chi connectivity index (χ3v) is 7.28. The van der Waals surface area contributed by atoms with Crippen molar-refractivity contribution in [3.8, 4) is 11.1 Å². The first-order valence-electron chi connectivity index (χ1n) is 13.8. The van der Waals surface area contributed by atoms with Crippen molar-refractivity contribution in [3.05, 3.63) is 107 Å². The molecular formula is C32H32BF2N3O4. The number of halogens is 2. The topological polar surface area (TPSA) is 63.8 Å². The van der Waals surface area contributed by atoms with Crippen molar-refractivity contribution in [2.24, 2.45) is 0 Å². The van der Waals surface area contributed by atoms with Gasteiger partial charge in [0.25, 0.3) is 0 Å². The van der Waals surface area contributed by atoms with E-state index in [1.165, 1.54) is 13.0 Å². The molecule has 0 bridgehead atoms. The van der Waals surface area contributed by atoms with Gasteiger partial charge in [-0.05, 0) is 37.6 Å². The van der Waals surface area contributed by atoms with Crippen LogP contribution in [0.4, 0.5) is 8.63 Å². The Hall–Kier alpha value is -4.73. The summed E-state index contributed by atoms with van der Waals surface area (Å²) in [6, 6.07) is 17.9. The summed E-state index contributed by atoms with van der Waals surface area (Å²) in [5.74, 6) is -1.38. The van der Waals surface area contributed by atoms with Crippen LogP contribution in [0.5, 0.6) is 0 Å². The van der Waals surface area contributed by atoms with E-state index < -0.39 is 18.9 Å². The number of hydrogen-bond donors (Lipinski definition) is 0. The largest absolute Gasteiger partial charge is 0.737 e. The van der Waals surface area contributed by atoms with E-state index in [1.807, 2.05) is 12.1 Å². The van der Waals surface area contributed by atoms with Crippen LogP contribution in [0.1, 0.15) is 41.2 Å². The van der Waals surface area contributed by atoms with Crippen molar-refractivity contribution >= 4 is 36.3 Å². The molecule has 0 aliphatic carbocycles. The van der Waals surface area contributed by atoms with E-state index in [-0.39, 0.29) is 47.1 Å². The lowest BCUT2D eigenvalue weighted by molar-refractivity contribution is -0.358. The number of allylic oxidation sites excluding steroid dienone is 2. The van der Waals surface area contributed by atoms with Gasteiger partial charge in [-0.25, -0.2) is 9.59 Å². The third kappa shape index (κ3) is 4.66. The predicted octanol–water partition coefficient (Wildman–Crippen LogP) is 5.78. The molecule has 0 saturated carbocycles. The maximum absolute atomic E-state index is 17.2. The summed E-state index contributed by atoms with van der Waals surface area (Å²) in [5.41, 5.74) is 2.37. The van der Waals surface area contributed by atoms with Gasteiger partial charge in [0.05, 0.1) is 24.4 Å². The molecular weight excluding hydrogens is 539 g/mol. The SMILES string of the molecule is CCOC(=O)C1=C(c2ccccc2)C2=Cc3c(-c4ccccc4)c(C(=O)OCC)c(C)n3[B-](F)(F)[N+]2=C1/C=C/N(C)C. The number of rotatable bonds is 8. The van der Waals surface area contributed by atoms with Crippen LogP contribution in [-0.2, 0) is 14.3 Å². The Morgan fingerprint density at radius 2 is 1.50 bits per heavy atom. The molecule has 0 radical (unpaired) electrons. The van der Waals surface area contributed by atoms with E-state index in [1.54, 1.807) is 93.6 Å². The molecule has 2 aromatic carbocycles. The third-order valence-electron chi connectivity index (χ3n) is 7.28. The van der Waals surface area contributed by atoms with E-state index >= 15 is 8.63 Å². The van der Waals surface area contributed by atoms with Crippen LogP contribution >= 0.6 is 0 Å². The van der Waals surface area contributed by atoms with Crippen LogP contribution in [-0.4, -0.2) is 65.8 Å². The van der Waals surface area contributed by atoms with Gasteiger partial charge in [0.1, 0.15) is 5.57 Å². The lowest BCUT2D eigenvalue weighted by Crippen LogP contribution is -2.51. The predicted molar refractivity (Wildman–Crippen MR) is 160 cm³/mol. The van der Waals surface area contributed by atoms with Crippen molar-refractivity contribution < 1.29 is 32.2 Å². The maximum Gasteiger partial charge on any atom is 0.737 e. The summed E-state index contributed by atoms with van der Waals surface area (Å²) in [4.78, 5) is 28.5. The van der Waals surface area contributed by atoms with E-state index in [0.29, 0.717) is 22.3 Å². The van der Waals surface area contributed by atoms with Crippen molar-refractivity contribution in [2.45, 2.75) is 20.8 Å². The first-order chi connectivity index (χ1) is 20.1. The van der Waals surface area contributed by atoms with Crippen LogP contribution in [0, 0.1) is 6.92 Å². The fourth-order valence-corrected chi connectivity index (χ4v) is 5.66. The molecule has 0 fully saturated rings. The number of aromatic nitrogens is 1. The van der Waals surface area contributed by atoms with Crippen LogP contribution < -0.4 is 0 Å². The normalized spacial score (nSPS) is 15.5. The number of nitrogens with zero attached hydrogens (tertiary/aromatic N) is 3. The zero-order chi connectivity index (χ0) is 30.2. The van der Waals surface area contributed by atoms with Gasteiger partial charge in [-0.1, -0.05) is 60.7 Å². The van der Waals surface area contributed by atoms with Gasteiger partial charge >= 0.3 is 18.9 Å². The molecule has 0 atom stereocenters. The molecule has 0 saturated heterocycles. The second-order valence-corrected chi connectivity index (χ2v) is 10.2. The summed E-state index contributed by atoms with van der Waals surface area (Å²) in [5, 5.41) is 0.